The minimum atomic E-state index is 0.463. The predicted molar refractivity (Wildman–Crippen MR) is 58.5 cm³/mol. The lowest BCUT2D eigenvalue weighted by atomic mass is 10.1. The minimum absolute atomic E-state index is 0.463. The number of aromatic nitrogens is 4. The maximum absolute atomic E-state index is 4.06. The standard InChI is InChI=1S/C11H16N4/c1-10(14-5-3-12-8-14)7-11(2)15-6-4-13-9-15/h3-6,8-11H,7H2,1-2H3. The molecule has 0 aliphatic heterocycles. The van der Waals surface area contributed by atoms with Crippen LogP contribution in [0.25, 0.3) is 0 Å². The first kappa shape index (κ1) is 9.96. The molecule has 2 aromatic rings. The molecule has 0 N–H and O–H groups in total. The molecule has 2 heterocycles. The van der Waals surface area contributed by atoms with Crippen molar-refractivity contribution in [3.05, 3.63) is 37.4 Å². The van der Waals surface area contributed by atoms with E-state index >= 15 is 0 Å². The second-order valence-corrected chi connectivity index (χ2v) is 3.95. The first-order chi connectivity index (χ1) is 7.27. The summed E-state index contributed by atoms with van der Waals surface area (Å²) in [4.78, 5) is 8.11. The van der Waals surface area contributed by atoms with Crippen molar-refractivity contribution in [2.75, 3.05) is 0 Å². The van der Waals surface area contributed by atoms with Crippen molar-refractivity contribution in [3.8, 4) is 0 Å². The van der Waals surface area contributed by atoms with E-state index in [1.807, 2.05) is 37.4 Å². The molecule has 0 saturated heterocycles. The van der Waals surface area contributed by atoms with E-state index in [0.29, 0.717) is 12.1 Å². The number of hydrogen-bond donors (Lipinski definition) is 0. The summed E-state index contributed by atoms with van der Waals surface area (Å²) < 4.78 is 4.26. The molecular weight excluding hydrogens is 188 g/mol. The molecule has 2 rings (SSSR count). The van der Waals surface area contributed by atoms with Crippen molar-refractivity contribution in [1.29, 1.82) is 0 Å². The highest BCUT2D eigenvalue weighted by molar-refractivity contribution is 4.83. The first-order valence-corrected chi connectivity index (χ1v) is 5.22. The number of hydrogen-bond acceptors (Lipinski definition) is 2. The fraction of sp³-hybridized carbons (Fsp3) is 0.455. The van der Waals surface area contributed by atoms with Crippen LogP contribution in [-0.2, 0) is 0 Å². The van der Waals surface area contributed by atoms with Crippen LogP contribution in [0.4, 0.5) is 0 Å². The van der Waals surface area contributed by atoms with Gasteiger partial charge in [0.25, 0.3) is 0 Å². The van der Waals surface area contributed by atoms with Gasteiger partial charge in [0.2, 0.25) is 0 Å². The van der Waals surface area contributed by atoms with Crippen LogP contribution in [0.1, 0.15) is 32.4 Å². The van der Waals surface area contributed by atoms with E-state index in [-0.39, 0.29) is 0 Å². The summed E-state index contributed by atoms with van der Waals surface area (Å²) in [5.74, 6) is 0. The van der Waals surface area contributed by atoms with E-state index in [1.165, 1.54) is 0 Å². The Morgan fingerprint density at radius 1 is 0.933 bits per heavy atom. The molecule has 4 heteroatoms. The van der Waals surface area contributed by atoms with Gasteiger partial charge < -0.3 is 9.13 Å². The Labute approximate surface area is 89.6 Å². The molecule has 2 atom stereocenters. The molecule has 0 aromatic carbocycles. The van der Waals surface area contributed by atoms with Gasteiger partial charge in [0.15, 0.2) is 0 Å². The van der Waals surface area contributed by atoms with E-state index in [9.17, 15) is 0 Å². The Hall–Kier alpha value is -1.58. The van der Waals surface area contributed by atoms with Crippen LogP contribution in [0.15, 0.2) is 37.4 Å². The Morgan fingerprint density at radius 2 is 1.40 bits per heavy atom. The second-order valence-electron chi connectivity index (χ2n) is 3.95. The summed E-state index contributed by atoms with van der Waals surface area (Å²) in [6, 6.07) is 0.926. The molecule has 15 heavy (non-hydrogen) atoms. The van der Waals surface area contributed by atoms with Crippen LogP contribution in [0, 0.1) is 0 Å². The summed E-state index contributed by atoms with van der Waals surface area (Å²) in [6.45, 7) is 4.41. The zero-order valence-corrected chi connectivity index (χ0v) is 9.11. The molecule has 0 amide bonds. The normalized spacial score (nSPS) is 15.1. The van der Waals surface area contributed by atoms with E-state index < -0.39 is 0 Å². The molecule has 80 valence electrons. The van der Waals surface area contributed by atoms with Crippen molar-refractivity contribution in [1.82, 2.24) is 19.1 Å². The zero-order chi connectivity index (χ0) is 10.7. The van der Waals surface area contributed by atoms with Crippen molar-refractivity contribution in [3.63, 3.8) is 0 Å². The molecule has 0 saturated carbocycles. The van der Waals surface area contributed by atoms with E-state index in [1.54, 1.807) is 0 Å². The van der Waals surface area contributed by atoms with E-state index in [2.05, 4.69) is 32.9 Å². The Morgan fingerprint density at radius 3 is 1.73 bits per heavy atom. The van der Waals surface area contributed by atoms with Gasteiger partial charge in [0, 0.05) is 36.9 Å². The van der Waals surface area contributed by atoms with Crippen LogP contribution in [0.2, 0.25) is 0 Å². The van der Waals surface area contributed by atoms with Crippen LogP contribution >= 0.6 is 0 Å². The maximum Gasteiger partial charge on any atom is 0.0948 e. The maximum atomic E-state index is 4.06. The smallest absolute Gasteiger partial charge is 0.0948 e. The third kappa shape index (κ3) is 2.26. The van der Waals surface area contributed by atoms with Gasteiger partial charge in [-0.1, -0.05) is 0 Å². The molecular formula is C11H16N4. The topological polar surface area (TPSA) is 35.6 Å². The van der Waals surface area contributed by atoms with Crippen LogP contribution < -0.4 is 0 Å². The van der Waals surface area contributed by atoms with Crippen LogP contribution in [-0.4, -0.2) is 19.1 Å². The molecule has 2 unspecified atom stereocenters. The lowest BCUT2D eigenvalue weighted by Crippen LogP contribution is -2.10. The highest BCUT2D eigenvalue weighted by atomic mass is 15.1. The van der Waals surface area contributed by atoms with Crippen molar-refractivity contribution >= 4 is 0 Å². The summed E-state index contributed by atoms with van der Waals surface area (Å²) in [7, 11) is 0. The van der Waals surface area contributed by atoms with Gasteiger partial charge in [-0.05, 0) is 20.3 Å². The molecule has 0 spiro atoms. The Balaban J connectivity index is 1.98. The van der Waals surface area contributed by atoms with Crippen LogP contribution in [0.3, 0.4) is 0 Å². The number of imidazole rings is 2. The fourth-order valence-electron chi connectivity index (χ4n) is 1.80. The highest BCUT2D eigenvalue weighted by Gasteiger charge is 2.10. The average Bonchev–Trinajstić information content (AvgIpc) is 2.91. The van der Waals surface area contributed by atoms with E-state index in [0.717, 1.165) is 6.42 Å². The largest absolute Gasteiger partial charge is 0.335 e. The highest BCUT2D eigenvalue weighted by Crippen LogP contribution is 2.20. The van der Waals surface area contributed by atoms with Crippen molar-refractivity contribution in [2.24, 2.45) is 0 Å². The number of rotatable bonds is 4. The Kier molecular flexibility index (Phi) is 2.85. The third-order valence-electron chi connectivity index (χ3n) is 2.75. The van der Waals surface area contributed by atoms with Gasteiger partial charge in [-0.25, -0.2) is 9.97 Å². The summed E-state index contributed by atoms with van der Waals surface area (Å²) >= 11 is 0. The fourth-order valence-corrected chi connectivity index (χ4v) is 1.80. The van der Waals surface area contributed by atoms with Gasteiger partial charge in [0.05, 0.1) is 12.7 Å². The van der Waals surface area contributed by atoms with Gasteiger partial charge >= 0.3 is 0 Å². The lowest BCUT2D eigenvalue weighted by Gasteiger charge is -2.19. The van der Waals surface area contributed by atoms with Gasteiger partial charge in [0.1, 0.15) is 0 Å². The average molecular weight is 204 g/mol. The lowest BCUT2D eigenvalue weighted by molar-refractivity contribution is 0.399. The summed E-state index contributed by atoms with van der Waals surface area (Å²) in [5, 5.41) is 0. The molecule has 0 aliphatic rings. The quantitative estimate of drug-likeness (QED) is 0.766. The van der Waals surface area contributed by atoms with Crippen molar-refractivity contribution in [2.45, 2.75) is 32.4 Å². The predicted octanol–water partition coefficient (Wildman–Crippen LogP) is 2.29. The SMILES string of the molecule is CC(CC(C)n1ccnc1)n1ccnc1. The molecule has 0 bridgehead atoms. The van der Waals surface area contributed by atoms with Gasteiger partial charge in [-0.15, -0.1) is 0 Å². The first-order valence-electron chi connectivity index (χ1n) is 5.22. The van der Waals surface area contributed by atoms with Gasteiger partial charge in [-0.3, -0.25) is 0 Å². The zero-order valence-electron chi connectivity index (χ0n) is 9.11. The van der Waals surface area contributed by atoms with Gasteiger partial charge in [-0.2, -0.15) is 0 Å². The minimum Gasteiger partial charge on any atom is -0.335 e. The summed E-state index contributed by atoms with van der Waals surface area (Å²) in [5.41, 5.74) is 0. The van der Waals surface area contributed by atoms with Crippen LogP contribution in [0.5, 0.6) is 0 Å². The summed E-state index contributed by atoms with van der Waals surface area (Å²) in [6.07, 6.45) is 12.5. The molecule has 0 fully saturated rings. The monoisotopic (exact) mass is 204 g/mol. The molecule has 0 aliphatic carbocycles. The Bertz CT molecular complexity index is 338. The van der Waals surface area contributed by atoms with Crippen molar-refractivity contribution < 1.29 is 0 Å². The third-order valence-corrected chi connectivity index (χ3v) is 2.75. The molecule has 2 aromatic heterocycles. The van der Waals surface area contributed by atoms with E-state index in [4.69, 9.17) is 0 Å². The number of nitrogens with zero attached hydrogens (tertiary/aromatic N) is 4. The molecule has 4 nitrogen and oxygen atoms in total. The molecule has 0 radical (unpaired) electrons. The second kappa shape index (κ2) is 4.29.